The molecule has 2 aliphatic heterocycles. The molecule has 10 nitrogen and oxygen atoms in total. The molecular weight excluding hydrogens is 523 g/mol. The van der Waals surface area contributed by atoms with Crippen molar-refractivity contribution in [3.05, 3.63) is 60.0 Å². The van der Waals surface area contributed by atoms with Gasteiger partial charge in [-0.05, 0) is 24.3 Å². The topological polar surface area (TPSA) is 112 Å². The average Bonchev–Trinajstić information content (AvgIpc) is 3.29. The average molecular weight is 545 g/mol. The van der Waals surface area contributed by atoms with Crippen molar-refractivity contribution in [3.63, 3.8) is 0 Å². The van der Waals surface area contributed by atoms with Gasteiger partial charge >= 0.3 is 0 Å². The Labute approximate surface area is 217 Å². The summed E-state index contributed by atoms with van der Waals surface area (Å²) in [4.78, 5) is 19.4. The molecule has 2 saturated heterocycles. The van der Waals surface area contributed by atoms with Gasteiger partial charge in [0.25, 0.3) is 0 Å². The Kier molecular flexibility index (Phi) is 5.97. The first-order valence-electron chi connectivity index (χ1n) is 11.6. The van der Waals surface area contributed by atoms with Gasteiger partial charge in [-0.25, -0.2) is 32.7 Å². The van der Waals surface area contributed by atoms with E-state index in [9.17, 15) is 12.8 Å². The van der Waals surface area contributed by atoms with Crippen molar-refractivity contribution < 1.29 is 22.3 Å². The molecule has 0 aliphatic carbocycles. The molecule has 2 aliphatic rings. The second-order valence-electron chi connectivity index (χ2n) is 9.23. The fourth-order valence-electron chi connectivity index (χ4n) is 4.98. The lowest BCUT2D eigenvalue weighted by Crippen LogP contribution is -2.58. The predicted molar refractivity (Wildman–Crippen MR) is 133 cm³/mol. The summed E-state index contributed by atoms with van der Waals surface area (Å²) in [5.41, 5.74) is 0.623. The molecule has 6 rings (SSSR count). The molecule has 192 valence electrons. The maximum Gasteiger partial charge on any atom is 0.226 e. The van der Waals surface area contributed by atoms with Crippen molar-refractivity contribution >= 4 is 38.4 Å². The third-order valence-electron chi connectivity index (χ3n) is 6.69. The molecule has 0 radical (unpaired) electrons. The zero-order valence-electron chi connectivity index (χ0n) is 19.7. The van der Waals surface area contributed by atoms with Crippen LogP contribution in [0.25, 0.3) is 16.7 Å². The smallest absolute Gasteiger partial charge is 0.226 e. The van der Waals surface area contributed by atoms with Gasteiger partial charge in [-0.1, -0.05) is 11.6 Å². The Hall–Kier alpha value is -3.35. The Balaban J connectivity index is 1.28. The highest BCUT2D eigenvalue weighted by Gasteiger charge is 2.43. The van der Waals surface area contributed by atoms with E-state index in [2.05, 4.69) is 24.8 Å². The number of hydrogen-bond donors (Lipinski definition) is 0. The van der Waals surface area contributed by atoms with Gasteiger partial charge in [-0.15, -0.1) is 0 Å². The molecular formula is C24H22ClFN6O4S. The van der Waals surface area contributed by atoms with Crippen LogP contribution in [0, 0.1) is 17.7 Å². The van der Waals surface area contributed by atoms with Crippen LogP contribution < -0.4 is 9.64 Å². The molecule has 2 bridgehead atoms. The molecule has 3 aromatic heterocycles. The Morgan fingerprint density at radius 2 is 1.81 bits per heavy atom. The number of halogens is 2. The van der Waals surface area contributed by atoms with Gasteiger partial charge in [0.1, 0.15) is 18.2 Å². The van der Waals surface area contributed by atoms with Crippen LogP contribution in [0.2, 0.25) is 5.02 Å². The summed E-state index contributed by atoms with van der Waals surface area (Å²) < 4.78 is 52.3. The largest absolute Gasteiger partial charge is 0.473 e. The summed E-state index contributed by atoms with van der Waals surface area (Å²) in [6.45, 7) is 2.35. The molecule has 0 N–H and O–H groups in total. The molecule has 5 heterocycles. The third-order valence-corrected chi connectivity index (χ3v) is 8.00. The monoisotopic (exact) mass is 544 g/mol. The van der Waals surface area contributed by atoms with E-state index in [0.717, 1.165) is 12.3 Å². The van der Waals surface area contributed by atoms with Crippen molar-refractivity contribution in [2.45, 2.75) is 11.0 Å². The van der Waals surface area contributed by atoms with E-state index in [1.54, 1.807) is 29.2 Å². The minimum atomic E-state index is -3.53. The summed E-state index contributed by atoms with van der Waals surface area (Å²) in [7, 11) is -3.53. The normalized spacial score (nSPS) is 21.8. The number of piperidine rings is 1. The SMILES string of the molecule is CS(=O)(=O)c1ccc(-n2ccc3c(OC4[C@@H]5COC[C@H]4CN(c4ncc(Cl)cn4)C5)ncnc32)c(F)c1. The number of aromatic nitrogens is 5. The number of hydrogen-bond acceptors (Lipinski definition) is 9. The predicted octanol–water partition coefficient (Wildman–Crippen LogP) is 2.94. The Morgan fingerprint density at radius 3 is 2.49 bits per heavy atom. The zero-order chi connectivity index (χ0) is 25.7. The maximum absolute atomic E-state index is 14.9. The molecule has 13 heteroatoms. The van der Waals surface area contributed by atoms with E-state index in [4.69, 9.17) is 21.1 Å². The summed E-state index contributed by atoms with van der Waals surface area (Å²) in [5, 5.41) is 1.10. The van der Waals surface area contributed by atoms with Gasteiger partial charge in [-0.3, -0.25) is 4.57 Å². The van der Waals surface area contributed by atoms with Crippen LogP contribution in [-0.4, -0.2) is 71.6 Å². The lowest BCUT2D eigenvalue weighted by molar-refractivity contribution is -0.0764. The standard InChI is InChI=1S/C24H22ClFN6O4S/c1-37(33,34)17-2-3-20(19(26)6-17)32-5-4-18-22(32)29-13-30-23(18)36-21-14-9-31(10-15(21)12-35-11-14)24-27-7-16(25)8-28-24/h2-8,13-15,21H,9-12H2,1H3/t14-,15+,21?. The van der Waals surface area contributed by atoms with Crippen LogP contribution >= 0.6 is 11.6 Å². The number of sulfone groups is 1. The summed E-state index contributed by atoms with van der Waals surface area (Å²) in [6, 6.07) is 5.56. The van der Waals surface area contributed by atoms with E-state index >= 15 is 0 Å². The van der Waals surface area contributed by atoms with E-state index in [0.29, 0.717) is 54.2 Å². The number of nitrogens with zero attached hydrogens (tertiary/aromatic N) is 6. The van der Waals surface area contributed by atoms with Crippen LogP contribution in [0.4, 0.5) is 10.3 Å². The first-order chi connectivity index (χ1) is 17.8. The van der Waals surface area contributed by atoms with Crippen molar-refractivity contribution in [1.29, 1.82) is 0 Å². The number of rotatable bonds is 5. The lowest BCUT2D eigenvalue weighted by Gasteiger charge is -2.46. The molecule has 4 aromatic rings. The Morgan fingerprint density at radius 1 is 1.08 bits per heavy atom. The van der Waals surface area contributed by atoms with E-state index in [1.165, 1.54) is 18.5 Å². The van der Waals surface area contributed by atoms with Crippen LogP contribution in [0.3, 0.4) is 0 Å². The molecule has 1 aromatic carbocycles. The minimum absolute atomic E-state index is 0.0554. The van der Waals surface area contributed by atoms with Crippen LogP contribution in [0.1, 0.15) is 0 Å². The number of benzene rings is 1. The zero-order valence-corrected chi connectivity index (χ0v) is 21.2. The van der Waals surface area contributed by atoms with Crippen molar-refractivity contribution in [1.82, 2.24) is 24.5 Å². The lowest BCUT2D eigenvalue weighted by atomic mass is 9.84. The number of anilines is 1. The van der Waals surface area contributed by atoms with Gasteiger partial charge in [0.2, 0.25) is 11.8 Å². The van der Waals surface area contributed by atoms with E-state index in [-0.39, 0.29) is 28.5 Å². The quantitative estimate of drug-likeness (QED) is 0.374. The van der Waals surface area contributed by atoms with Crippen molar-refractivity contribution in [2.75, 3.05) is 37.5 Å². The van der Waals surface area contributed by atoms with E-state index < -0.39 is 15.7 Å². The third kappa shape index (κ3) is 4.49. The molecule has 2 fully saturated rings. The summed E-state index contributed by atoms with van der Waals surface area (Å²) in [5.74, 6) is 0.449. The number of fused-ring (bicyclic) bond motifs is 3. The van der Waals surface area contributed by atoms with Gasteiger partial charge in [0.15, 0.2) is 15.5 Å². The molecule has 1 unspecified atom stereocenters. The first kappa shape index (κ1) is 24.0. The molecule has 0 amide bonds. The van der Waals surface area contributed by atoms with Gasteiger partial charge in [0.05, 0.1) is 46.6 Å². The van der Waals surface area contributed by atoms with Crippen molar-refractivity contribution in [3.8, 4) is 11.6 Å². The van der Waals surface area contributed by atoms with Gasteiger partial charge in [0, 0.05) is 37.4 Å². The van der Waals surface area contributed by atoms with Crippen LogP contribution in [-0.2, 0) is 14.6 Å². The highest BCUT2D eigenvalue weighted by molar-refractivity contribution is 7.90. The molecule has 0 spiro atoms. The molecule has 0 saturated carbocycles. The molecule has 3 atom stereocenters. The fourth-order valence-corrected chi connectivity index (χ4v) is 5.71. The van der Waals surface area contributed by atoms with Crippen LogP contribution in [0.15, 0.2) is 54.1 Å². The minimum Gasteiger partial charge on any atom is -0.473 e. The first-order valence-corrected chi connectivity index (χ1v) is 13.8. The Bertz CT molecular complexity index is 1570. The van der Waals surface area contributed by atoms with Gasteiger partial charge < -0.3 is 14.4 Å². The fraction of sp³-hybridized carbons (Fsp3) is 0.333. The summed E-state index contributed by atoms with van der Waals surface area (Å²) in [6.07, 6.45) is 7.09. The highest BCUT2D eigenvalue weighted by atomic mass is 35.5. The second kappa shape index (κ2) is 9.19. The maximum atomic E-state index is 14.9. The number of ether oxygens (including phenoxy) is 2. The van der Waals surface area contributed by atoms with E-state index in [1.807, 2.05) is 0 Å². The molecule has 37 heavy (non-hydrogen) atoms. The van der Waals surface area contributed by atoms with Crippen molar-refractivity contribution in [2.24, 2.45) is 11.8 Å². The summed E-state index contributed by atoms with van der Waals surface area (Å²) >= 11 is 5.94. The second-order valence-corrected chi connectivity index (χ2v) is 11.7. The van der Waals surface area contributed by atoms with Crippen LogP contribution in [0.5, 0.6) is 5.88 Å². The van der Waals surface area contributed by atoms with Gasteiger partial charge in [-0.2, -0.15) is 0 Å². The highest BCUT2D eigenvalue weighted by Crippen LogP contribution is 2.35.